The van der Waals surface area contributed by atoms with Gasteiger partial charge >= 0.3 is 0 Å². The zero-order chi connectivity index (χ0) is 15.8. The summed E-state index contributed by atoms with van der Waals surface area (Å²) < 4.78 is 0. The summed E-state index contributed by atoms with van der Waals surface area (Å²) in [7, 11) is 0. The van der Waals surface area contributed by atoms with Crippen LogP contribution in [0.3, 0.4) is 0 Å². The van der Waals surface area contributed by atoms with Gasteiger partial charge in [0.25, 0.3) is 0 Å². The van der Waals surface area contributed by atoms with Crippen molar-refractivity contribution >= 4 is 50.3 Å². The average molecular weight is 359 g/mol. The lowest BCUT2D eigenvalue weighted by molar-refractivity contribution is 1.19. The summed E-state index contributed by atoms with van der Waals surface area (Å²) in [5, 5.41) is 5.79. The molecule has 0 amide bonds. The number of nitrogens with zero attached hydrogens (tertiary/aromatic N) is 2. The Kier molecular flexibility index (Phi) is 3.74. The van der Waals surface area contributed by atoms with Crippen LogP contribution in [0.15, 0.2) is 47.2 Å². The molecule has 1 aromatic carbocycles. The molecule has 0 unspecified atom stereocenters. The summed E-state index contributed by atoms with van der Waals surface area (Å²) in [6, 6.07) is 11.6. The van der Waals surface area contributed by atoms with Crippen molar-refractivity contribution in [2.45, 2.75) is 0 Å². The van der Waals surface area contributed by atoms with Crippen LogP contribution in [-0.4, -0.2) is 9.97 Å². The molecule has 3 heterocycles. The highest BCUT2D eigenvalue weighted by molar-refractivity contribution is 7.18. The van der Waals surface area contributed by atoms with E-state index < -0.39 is 0 Å². The zero-order valence-corrected chi connectivity index (χ0v) is 14.2. The van der Waals surface area contributed by atoms with E-state index in [9.17, 15) is 0 Å². The number of hydrogen-bond acceptors (Lipinski definition) is 6. The fraction of sp³-hybridized carbons (Fsp3) is 0. The second-order valence-electron chi connectivity index (χ2n) is 4.85. The van der Waals surface area contributed by atoms with Crippen LogP contribution in [0.2, 0.25) is 5.02 Å². The largest absolute Gasteiger partial charge is 0.308 e. The second kappa shape index (κ2) is 5.90. The van der Waals surface area contributed by atoms with E-state index in [1.807, 2.05) is 30.3 Å². The molecule has 4 rings (SSSR count). The number of aromatic nitrogens is 2. The SMILES string of the molecule is NNc1nc(-c2ccc(Cl)cc2)nc2scc(-c3cccs3)c12. The highest BCUT2D eigenvalue weighted by atomic mass is 35.5. The number of nitrogens with two attached hydrogens (primary N) is 1. The smallest absolute Gasteiger partial charge is 0.163 e. The molecular weight excluding hydrogens is 348 g/mol. The number of halogens is 1. The van der Waals surface area contributed by atoms with Crippen LogP contribution in [0.1, 0.15) is 0 Å². The van der Waals surface area contributed by atoms with Gasteiger partial charge in [-0.1, -0.05) is 17.7 Å². The van der Waals surface area contributed by atoms with E-state index in [2.05, 4.69) is 32.2 Å². The predicted molar refractivity (Wildman–Crippen MR) is 99.0 cm³/mol. The molecule has 0 aliphatic carbocycles. The monoisotopic (exact) mass is 358 g/mol. The van der Waals surface area contributed by atoms with Crippen LogP contribution < -0.4 is 11.3 Å². The minimum absolute atomic E-state index is 0.627. The summed E-state index contributed by atoms with van der Waals surface area (Å²) in [4.78, 5) is 11.4. The molecule has 0 atom stereocenters. The Morgan fingerprint density at radius 3 is 2.57 bits per heavy atom. The van der Waals surface area contributed by atoms with Crippen LogP contribution in [0.25, 0.3) is 32.0 Å². The molecule has 3 N–H and O–H groups in total. The number of hydrogen-bond donors (Lipinski definition) is 2. The molecule has 4 nitrogen and oxygen atoms in total. The molecule has 0 saturated carbocycles. The van der Waals surface area contributed by atoms with Gasteiger partial charge in [0.15, 0.2) is 11.6 Å². The van der Waals surface area contributed by atoms with Crippen LogP contribution in [0, 0.1) is 0 Å². The molecular formula is C16H11ClN4S2. The average Bonchev–Trinajstić information content (AvgIpc) is 3.23. The van der Waals surface area contributed by atoms with Gasteiger partial charge in [-0.15, -0.1) is 22.7 Å². The van der Waals surface area contributed by atoms with Gasteiger partial charge in [-0.3, -0.25) is 0 Å². The molecule has 0 aliphatic heterocycles. The van der Waals surface area contributed by atoms with Gasteiger partial charge in [0, 0.05) is 26.4 Å². The van der Waals surface area contributed by atoms with Gasteiger partial charge in [-0.05, 0) is 35.7 Å². The molecule has 0 saturated heterocycles. The first kappa shape index (κ1) is 14.6. The van der Waals surface area contributed by atoms with E-state index in [0.717, 1.165) is 21.3 Å². The van der Waals surface area contributed by atoms with Gasteiger partial charge in [0.1, 0.15) is 4.83 Å². The molecule has 23 heavy (non-hydrogen) atoms. The predicted octanol–water partition coefficient (Wildman–Crippen LogP) is 5.03. The topological polar surface area (TPSA) is 63.8 Å². The first-order chi connectivity index (χ1) is 11.3. The van der Waals surface area contributed by atoms with Gasteiger partial charge < -0.3 is 5.43 Å². The number of benzene rings is 1. The Balaban J connectivity index is 1.92. The molecule has 0 spiro atoms. The lowest BCUT2D eigenvalue weighted by Crippen LogP contribution is -2.10. The number of rotatable bonds is 3. The van der Waals surface area contributed by atoms with Crippen molar-refractivity contribution in [3.05, 3.63) is 52.2 Å². The molecule has 4 aromatic rings. The van der Waals surface area contributed by atoms with Gasteiger partial charge in [0.05, 0.1) is 5.39 Å². The standard InChI is InChI=1S/C16H11ClN4S2/c17-10-5-3-9(4-6-10)14-19-15(21-18)13-11(8-23-16(13)20-14)12-2-1-7-22-12/h1-8H,18H2,(H,19,20,21). The molecule has 3 aromatic heterocycles. The minimum Gasteiger partial charge on any atom is -0.308 e. The maximum absolute atomic E-state index is 5.94. The maximum Gasteiger partial charge on any atom is 0.163 e. The number of anilines is 1. The van der Waals surface area contributed by atoms with Crippen molar-refractivity contribution in [3.63, 3.8) is 0 Å². The summed E-state index contributed by atoms with van der Waals surface area (Å²) in [6.45, 7) is 0. The summed E-state index contributed by atoms with van der Waals surface area (Å²) in [5.41, 5.74) is 4.72. The van der Waals surface area contributed by atoms with E-state index >= 15 is 0 Å². The Bertz CT molecular complexity index is 962. The number of thiophene rings is 2. The van der Waals surface area contributed by atoms with E-state index in [0.29, 0.717) is 16.7 Å². The van der Waals surface area contributed by atoms with Crippen molar-refractivity contribution in [1.29, 1.82) is 0 Å². The maximum atomic E-state index is 5.94. The molecule has 0 aliphatic rings. The third kappa shape index (κ3) is 2.60. The van der Waals surface area contributed by atoms with Crippen molar-refractivity contribution < 1.29 is 0 Å². The van der Waals surface area contributed by atoms with E-state index in [-0.39, 0.29) is 0 Å². The van der Waals surface area contributed by atoms with Crippen molar-refractivity contribution in [2.24, 2.45) is 5.84 Å². The first-order valence-electron chi connectivity index (χ1n) is 6.82. The van der Waals surface area contributed by atoms with Crippen LogP contribution in [0.5, 0.6) is 0 Å². The quantitative estimate of drug-likeness (QED) is 0.398. The van der Waals surface area contributed by atoms with Crippen molar-refractivity contribution in [2.75, 3.05) is 5.43 Å². The van der Waals surface area contributed by atoms with Crippen LogP contribution >= 0.6 is 34.3 Å². The Morgan fingerprint density at radius 2 is 1.87 bits per heavy atom. The Labute approximate surface area is 145 Å². The Morgan fingerprint density at radius 1 is 1.04 bits per heavy atom. The number of nitrogens with one attached hydrogen (secondary N) is 1. The Hall–Kier alpha value is -1.99. The van der Waals surface area contributed by atoms with Crippen LogP contribution in [-0.2, 0) is 0 Å². The minimum atomic E-state index is 0.627. The molecule has 0 radical (unpaired) electrons. The van der Waals surface area contributed by atoms with Crippen molar-refractivity contribution in [3.8, 4) is 21.8 Å². The molecule has 114 valence electrons. The first-order valence-corrected chi connectivity index (χ1v) is 8.95. The number of nitrogen functional groups attached to an aromatic ring is 1. The van der Waals surface area contributed by atoms with Gasteiger partial charge in [-0.25, -0.2) is 15.8 Å². The fourth-order valence-electron chi connectivity index (χ4n) is 2.39. The fourth-order valence-corrected chi connectivity index (χ4v) is 4.27. The highest BCUT2D eigenvalue weighted by Gasteiger charge is 2.16. The third-order valence-electron chi connectivity index (χ3n) is 3.46. The highest BCUT2D eigenvalue weighted by Crippen LogP contribution is 2.39. The van der Waals surface area contributed by atoms with Crippen LogP contribution in [0.4, 0.5) is 5.82 Å². The van der Waals surface area contributed by atoms with Gasteiger partial charge in [-0.2, -0.15) is 0 Å². The van der Waals surface area contributed by atoms with Gasteiger partial charge in [0.2, 0.25) is 0 Å². The summed E-state index contributed by atoms with van der Waals surface area (Å²) in [6.07, 6.45) is 0. The van der Waals surface area contributed by atoms with Crippen molar-refractivity contribution in [1.82, 2.24) is 9.97 Å². The molecule has 0 fully saturated rings. The van der Waals surface area contributed by atoms with E-state index in [1.165, 1.54) is 4.88 Å². The second-order valence-corrected chi connectivity index (χ2v) is 7.10. The number of fused-ring (bicyclic) bond motifs is 1. The lowest BCUT2D eigenvalue weighted by Gasteiger charge is -2.07. The zero-order valence-electron chi connectivity index (χ0n) is 11.8. The normalized spacial score (nSPS) is 11.0. The van der Waals surface area contributed by atoms with E-state index in [1.54, 1.807) is 22.7 Å². The molecule has 0 bridgehead atoms. The van der Waals surface area contributed by atoms with E-state index in [4.69, 9.17) is 17.4 Å². The third-order valence-corrected chi connectivity index (χ3v) is 5.49. The summed E-state index contributed by atoms with van der Waals surface area (Å²) >= 11 is 9.22. The summed E-state index contributed by atoms with van der Waals surface area (Å²) in [5.74, 6) is 6.97. The number of hydrazine groups is 1. The lowest BCUT2D eigenvalue weighted by atomic mass is 10.1. The molecule has 7 heteroatoms.